The molecule has 7 nitrogen and oxygen atoms in total. The molecule has 1 aromatic carbocycles. The van der Waals surface area contributed by atoms with Crippen LogP contribution >= 0.6 is 0 Å². The van der Waals surface area contributed by atoms with Crippen molar-refractivity contribution in [1.29, 1.82) is 0 Å². The van der Waals surface area contributed by atoms with Gasteiger partial charge < -0.3 is 20.6 Å². The molecule has 1 aliphatic heterocycles. The largest absolute Gasteiger partial charge is 0.481 e. The van der Waals surface area contributed by atoms with E-state index < -0.39 is 11.5 Å². The second-order valence-electron chi connectivity index (χ2n) is 6.62. The van der Waals surface area contributed by atoms with Crippen LogP contribution < -0.4 is 15.5 Å². The Morgan fingerprint density at radius 1 is 1.29 bits per heavy atom. The molecule has 0 aromatic heterocycles. The van der Waals surface area contributed by atoms with Crippen molar-refractivity contribution in [2.75, 3.05) is 16.8 Å². The van der Waals surface area contributed by atoms with Crippen molar-refractivity contribution < 1.29 is 19.5 Å². The molecule has 0 saturated heterocycles. The Morgan fingerprint density at radius 3 is 2.62 bits per heavy atom. The summed E-state index contributed by atoms with van der Waals surface area (Å²) in [6.07, 6.45) is 1.09. The van der Waals surface area contributed by atoms with E-state index >= 15 is 0 Å². The number of nitrogens with zero attached hydrogens (tertiary/aromatic N) is 1. The van der Waals surface area contributed by atoms with E-state index in [1.165, 1.54) is 6.92 Å². The quantitative estimate of drug-likeness (QED) is 0.770. The predicted octanol–water partition coefficient (Wildman–Crippen LogP) is 2.36. The molecule has 2 rings (SSSR count). The number of nitrogens with one attached hydrogen (secondary N) is 2. The van der Waals surface area contributed by atoms with Crippen LogP contribution in [0, 0.1) is 0 Å². The number of hydrogen-bond acceptors (Lipinski definition) is 3. The SMILES string of the molecule is CC(=O)N1CCc2cc(NC(=O)NC(C)(C)CCC(=O)O)ccc21. The van der Waals surface area contributed by atoms with Crippen LogP contribution in [0.2, 0.25) is 0 Å². The number of anilines is 2. The Balaban J connectivity index is 1.98. The number of aliphatic carboxylic acids is 1. The van der Waals surface area contributed by atoms with E-state index in [0.717, 1.165) is 17.7 Å². The van der Waals surface area contributed by atoms with Crippen molar-refractivity contribution in [2.24, 2.45) is 0 Å². The second-order valence-corrected chi connectivity index (χ2v) is 6.62. The van der Waals surface area contributed by atoms with Crippen LogP contribution in [-0.2, 0) is 16.0 Å². The van der Waals surface area contributed by atoms with Gasteiger partial charge in [-0.15, -0.1) is 0 Å². The van der Waals surface area contributed by atoms with E-state index in [9.17, 15) is 14.4 Å². The molecular weight excluding hydrogens is 310 g/mol. The van der Waals surface area contributed by atoms with E-state index in [1.807, 2.05) is 12.1 Å². The van der Waals surface area contributed by atoms with Gasteiger partial charge in [0, 0.05) is 36.8 Å². The Morgan fingerprint density at radius 2 is 2.00 bits per heavy atom. The Hall–Kier alpha value is -2.57. The summed E-state index contributed by atoms with van der Waals surface area (Å²) >= 11 is 0. The zero-order chi connectivity index (χ0) is 17.9. The van der Waals surface area contributed by atoms with Crippen LogP contribution in [-0.4, -0.2) is 35.1 Å². The van der Waals surface area contributed by atoms with Gasteiger partial charge in [0.25, 0.3) is 0 Å². The third-order valence-corrected chi connectivity index (χ3v) is 4.03. The summed E-state index contributed by atoms with van der Waals surface area (Å²) in [6, 6.07) is 5.06. The fourth-order valence-corrected chi connectivity index (χ4v) is 2.76. The van der Waals surface area contributed by atoms with E-state index in [-0.39, 0.29) is 18.4 Å². The molecule has 0 saturated carbocycles. The first-order valence-corrected chi connectivity index (χ1v) is 7.90. The number of carboxylic acids is 1. The first-order valence-electron chi connectivity index (χ1n) is 7.90. The lowest BCUT2D eigenvalue weighted by Crippen LogP contribution is -2.45. The number of carbonyl (C=O) groups excluding carboxylic acids is 2. The van der Waals surface area contributed by atoms with Crippen LogP contribution in [0.3, 0.4) is 0 Å². The summed E-state index contributed by atoms with van der Waals surface area (Å²) in [5.41, 5.74) is 1.93. The van der Waals surface area contributed by atoms with Gasteiger partial charge >= 0.3 is 12.0 Å². The zero-order valence-electron chi connectivity index (χ0n) is 14.2. The number of hydrogen-bond donors (Lipinski definition) is 3. The van der Waals surface area contributed by atoms with Gasteiger partial charge in [-0.2, -0.15) is 0 Å². The number of benzene rings is 1. The smallest absolute Gasteiger partial charge is 0.319 e. The maximum Gasteiger partial charge on any atom is 0.319 e. The van der Waals surface area contributed by atoms with Gasteiger partial charge in [-0.05, 0) is 50.5 Å². The standard InChI is InChI=1S/C17H23N3O4/c1-11(21)20-9-7-12-10-13(4-5-14(12)20)18-16(24)19-17(2,3)8-6-15(22)23/h4-5,10H,6-9H2,1-3H3,(H,22,23)(H2,18,19,24). The molecule has 7 heteroatoms. The normalized spacial score (nSPS) is 13.4. The third kappa shape index (κ3) is 4.47. The highest BCUT2D eigenvalue weighted by molar-refractivity contribution is 5.95. The molecule has 0 spiro atoms. The Labute approximate surface area is 141 Å². The molecule has 0 aliphatic carbocycles. The molecule has 0 atom stereocenters. The number of carbonyl (C=O) groups is 3. The van der Waals surface area contributed by atoms with Crippen molar-refractivity contribution in [3.8, 4) is 0 Å². The molecular formula is C17H23N3O4. The van der Waals surface area contributed by atoms with Crippen LogP contribution in [0.1, 0.15) is 39.2 Å². The molecule has 1 aromatic rings. The van der Waals surface area contributed by atoms with Gasteiger partial charge in [-0.3, -0.25) is 9.59 Å². The lowest BCUT2D eigenvalue weighted by atomic mass is 9.99. The molecule has 0 fully saturated rings. The average Bonchev–Trinajstić information content (AvgIpc) is 2.87. The van der Waals surface area contributed by atoms with Gasteiger partial charge in [0.15, 0.2) is 0 Å². The predicted molar refractivity (Wildman–Crippen MR) is 91.3 cm³/mol. The minimum atomic E-state index is -0.890. The molecule has 0 bridgehead atoms. The van der Waals surface area contributed by atoms with Crippen molar-refractivity contribution >= 4 is 29.3 Å². The summed E-state index contributed by atoms with van der Waals surface area (Å²) in [5.74, 6) is -0.883. The number of carboxylic acid groups (broad SMARTS) is 1. The number of rotatable bonds is 5. The highest BCUT2D eigenvalue weighted by atomic mass is 16.4. The van der Waals surface area contributed by atoms with Crippen molar-refractivity contribution in [2.45, 2.75) is 45.6 Å². The van der Waals surface area contributed by atoms with E-state index in [2.05, 4.69) is 10.6 Å². The summed E-state index contributed by atoms with van der Waals surface area (Å²) in [7, 11) is 0. The molecule has 3 N–H and O–H groups in total. The van der Waals surface area contributed by atoms with Gasteiger partial charge in [0.2, 0.25) is 5.91 Å². The fourth-order valence-electron chi connectivity index (χ4n) is 2.76. The topological polar surface area (TPSA) is 98.7 Å². The number of amides is 3. The maximum absolute atomic E-state index is 12.1. The summed E-state index contributed by atoms with van der Waals surface area (Å²) in [4.78, 5) is 36.0. The first kappa shape index (κ1) is 17.8. The summed E-state index contributed by atoms with van der Waals surface area (Å²) < 4.78 is 0. The molecule has 130 valence electrons. The maximum atomic E-state index is 12.1. The van der Waals surface area contributed by atoms with E-state index in [1.54, 1.807) is 24.8 Å². The fraction of sp³-hybridized carbons (Fsp3) is 0.471. The monoisotopic (exact) mass is 333 g/mol. The van der Waals surface area contributed by atoms with Crippen LogP contribution in [0.5, 0.6) is 0 Å². The Bertz CT molecular complexity index is 670. The minimum Gasteiger partial charge on any atom is -0.481 e. The van der Waals surface area contributed by atoms with Crippen LogP contribution in [0.4, 0.5) is 16.2 Å². The van der Waals surface area contributed by atoms with Gasteiger partial charge in [0.1, 0.15) is 0 Å². The molecule has 1 heterocycles. The zero-order valence-corrected chi connectivity index (χ0v) is 14.2. The molecule has 24 heavy (non-hydrogen) atoms. The lowest BCUT2D eigenvalue weighted by Gasteiger charge is -2.25. The van der Waals surface area contributed by atoms with Crippen molar-refractivity contribution in [1.82, 2.24) is 5.32 Å². The van der Waals surface area contributed by atoms with E-state index in [0.29, 0.717) is 18.7 Å². The average molecular weight is 333 g/mol. The van der Waals surface area contributed by atoms with Gasteiger partial charge in [-0.1, -0.05) is 0 Å². The highest BCUT2D eigenvalue weighted by Gasteiger charge is 2.24. The molecule has 1 aliphatic rings. The number of urea groups is 1. The van der Waals surface area contributed by atoms with E-state index in [4.69, 9.17) is 5.11 Å². The highest BCUT2D eigenvalue weighted by Crippen LogP contribution is 2.30. The number of fused-ring (bicyclic) bond motifs is 1. The minimum absolute atomic E-state index is 0.00684. The van der Waals surface area contributed by atoms with Crippen LogP contribution in [0.15, 0.2) is 18.2 Å². The van der Waals surface area contributed by atoms with Gasteiger partial charge in [0.05, 0.1) is 0 Å². The molecule has 0 unspecified atom stereocenters. The lowest BCUT2D eigenvalue weighted by molar-refractivity contribution is -0.137. The third-order valence-electron chi connectivity index (χ3n) is 4.03. The van der Waals surface area contributed by atoms with Gasteiger partial charge in [-0.25, -0.2) is 4.79 Å². The molecule has 0 radical (unpaired) electrons. The summed E-state index contributed by atoms with van der Waals surface area (Å²) in [6.45, 7) is 5.75. The second kappa shape index (κ2) is 6.90. The van der Waals surface area contributed by atoms with Crippen LogP contribution in [0.25, 0.3) is 0 Å². The first-order chi connectivity index (χ1) is 11.2. The van der Waals surface area contributed by atoms with Crippen molar-refractivity contribution in [3.05, 3.63) is 23.8 Å². The molecule has 3 amide bonds. The summed E-state index contributed by atoms with van der Waals surface area (Å²) in [5, 5.41) is 14.3. The van der Waals surface area contributed by atoms with Crippen molar-refractivity contribution in [3.63, 3.8) is 0 Å². The Kier molecular flexibility index (Phi) is 5.11.